The van der Waals surface area contributed by atoms with Crippen molar-refractivity contribution in [2.45, 2.75) is 18.5 Å². The van der Waals surface area contributed by atoms with Gasteiger partial charge in [-0.15, -0.1) is 0 Å². The maximum atomic E-state index is 13.7. The minimum absolute atomic E-state index is 0.124. The average Bonchev–Trinajstić information content (AvgIpc) is 2.82. The molecule has 3 aromatic carbocycles. The van der Waals surface area contributed by atoms with Crippen LogP contribution in [0.25, 0.3) is 0 Å². The molecule has 1 heterocycles. The van der Waals surface area contributed by atoms with Crippen molar-refractivity contribution in [2.24, 2.45) is 0 Å². The number of nitrogens with one attached hydrogen (secondary N) is 1. The molecule has 0 bridgehead atoms. The van der Waals surface area contributed by atoms with Crippen LogP contribution >= 0.6 is 23.2 Å². The number of amides is 2. The average molecular weight is 483 g/mol. The third-order valence-electron chi connectivity index (χ3n) is 5.80. The van der Waals surface area contributed by atoms with E-state index in [0.29, 0.717) is 40.9 Å². The van der Waals surface area contributed by atoms with Crippen LogP contribution in [-0.2, 0) is 16.1 Å². The third-order valence-corrected chi connectivity index (χ3v) is 6.31. The summed E-state index contributed by atoms with van der Waals surface area (Å²) in [5.74, 6) is -0.876. The first-order chi connectivity index (χ1) is 16.0. The second-order valence-electron chi connectivity index (χ2n) is 7.90. The maximum absolute atomic E-state index is 13.7. The number of hydrogen-bond donors (Lipinski definition) is 1. The quantitative estimate of drug-likeness (QED) is 0.468. The van der Waals surface area contributed by atoms with Gasteiger partial charge in [-0.3, -0.25) is 9.59 Å². The standard InChI is InChI=1S/C26H24Cl2N2O3/c1-33-15-14-29-25(31)23-21-4-2-3-5-22(21)26(32)30(16-17-6-10-19(27)11-7-17)24(23)18-8-12-20(28)13-9-18/h2-13,23-24H,14-16H2,1H3,(H,29,31)/t23-,24-/m0/s1. The molecule has 0 saturated heterocycles. The van der Waals surface area contributed by atoms with Crippen molar-refractivity contribution < 1.29 is 14.3 Å². The Balaban J connectivity index is 1.82. The molecule has 7 heteroatoms. The molecule has 0 unspecified atom stereocenters. The lowest BCUT2D eigenvalue weighted by Crippen LogP contribution is -2.47. The van der Waals surface area contributed by atoms with Crippen LogP contribution < -0.4 is 5.32 Å². The fourth-order valence-electron chi connectivity index (χ4n) is 4.25. The van der Waals surface area contributed by atoms with Crippen LogP contribution in [0.5, 0.6) is 0 Å². The minimum atomic E-state index is -0.593. The van der Waals surface area contributed by atoms with Gasteiger partial charge in [-0.1, -0.05) is 65.7 Å². The van der Waals surface area contributed by atoms with Gasteiger partial charge < -0.3 is 15.0 Å². The van der Waals surface area contributed by atoms with Crippen LogP contribution in [0.3, 0.4) is 0 Å². The smallest absolute Gasteiger partial charge is 0.255 e. The molecule has 33 heavy (non-hydrogen) atoms. The second-order valence-corrected chi connectivity index (χ2v) is 8.78. The molecule has 2 amide bonds. The first kappa shape index (κ1) is 23.3. The number of nitrogens with zero attached hydrogens (tertiary/aromatic N) is 1. The van der Waals surface area contributed by atoms with Crippen LogP contribution in [0, 0.1) is 0 Å². The molecule has 4 rings (SSSR count). The Morgan fingerprint density at radius 2 is 1.61 bits per heavy atom. The summed E-state index contributed by atoms with van der Waals surface area (Å²) in [6.45, 7) is 1.12. The van der Waals surface area contributed by atoms with E-state index in [0.717, 1.165) is 11.1 Å². The van der Waals surface area contributed by atoms with E-state index in [-0.39, 0.29) is 11.8 Å². The zero-order valence-electron chi connectivity index (χ0n) is 18.1. The summed E-state index contributed by atoms with van der Waals surface area (Å²) in [5, 5.41) is 4.18. The second kappa shape index (κ2) is 10.4. The van der Waals surface area contributed by atoms with Crippen molar-refractivity contribution in [1.29, 1.82) is 0 Å². The number of benzene rings is 3. The van der Waals surface area contributed by atoms with Gasteiger partial charge >= 0.3 is 0 Å². The van der Waals surface area contributed by atoms with E-state index in [2.05, 4.69) is 5.32 Å². The first-order valence-corrected chi connectivity index (χ1v) is 11.4. The minimum Gasteiger partial charge on any atom is -0.383 e. The van der Waals surface area contributed by atoms with Crippen molar-refractivity contribution in [1.82, 2.24) is 10.2 Å². The molecule has 0 aromatic heterocycles. The largest absolute Gasteiger partial charge is 0.383 e. The number of hydrogen-bond acceptors (Lipinski definition) is 3. The first-order valence-electron chi connectivity index (χ1n) is 10.7. The van der Waals surface area contributed by atoms with Gasteiger partial charge in [0.25, 0.3) is 5.91 Å². The lowest BCUT2D eigenvalue weighted by atomic mass is 9.79. The van der Waals surface area contributed by atoms with Crippen molar-refractivity contribution >= 4 is 35.0 Å². The van der Waals surface area contributed by atoms with Crippen LogP contribution in [-0.4, -0.2) is 37.0 Å². The normalized spacial score (nSPS) is 17.5. The summed E-state index contributed by atoms with van der Waals surface area (Å²) < 4.78 is 5.10. The maximum Gasteiger partial charge on any atom is 0.255 e. The molecule has 0 spiro atoms. The molecule has 0 aliphatic carbocycles. The van der Waals surface area contributed by atoms with E-state index in [4.69, 9.17) is 27.9 Å². The van der Waals surface area contributed by atoms with Crippen LogP contribution in [0.2, 0.25) is 10.0 Å². The number of methoxy groups -OCH3 is 1. The molecule has 1 aliphatic rings. The molecule has 5 nitrogen and oxygen atoms in total. The van der Waals surface area contributed by atoms with E-state index in [9.17, 15) is 9.59 Å². The molecule has 2 atom stereocenters. The van der Waals surface area contributed by atoms with Gasteiger partial charge in [0.1, 0.15) is 0 Å². The van der Waals surface area contributed by atoms with Crippen molar-refractivity contribution in [2.75, 3.05) is 20.3 Å². The highest BCUT2D eigenvalue weighted by atomic mass is 35.5. The van der Waals surface area contributed by atoms with Crippen LogP contribution in [0.1, 0.15) is 39.0 Å². The Bertz CT molecular complexity index is 1130. The van der Waals surface area contributed by atoms with Gasteiger partial charge in [-0.2, -0.15) is 0 Å². The highest BCUT2D eigenvalue weighted by Gasteiger charge is 2.44. The Kier molecular flexibility index (Phi) is 7.33. The third kappa shape index (κ3) is 5.06. The summed E-state index contributed by atoms with van der Waals surface area (Å²) in [4.78, 5) is 28.9. The van der Waals surface area contributed by atoms with E-state index in [1.165, 1.54) is 0 Å². The molecular weight excluding hydrogens is 459 g/mol. The molecule has 0 fully saturated rings. The van der Waals surface area contributed by atoms with Gasteiger partial charge in [0.15, 0.2) is 0 Å². The van der Waals surface area contributed by atoms with Gasteiger partial charge in [0, 0.05) is 35.8 Å². The summed E-state index contributed by atoms with van der Waals surface area (Å²) in [7, 11) is 1.59. The zero-order valence-corrected chi connectivity index (χ0v) is 19.6. The van der Waals surface area contributed by atoms with E-state index in [1.54, 1.807) is 42.3 Å². The lowest BCUT2D eigenvalue weighted by molar-refractivity contribution is -0.124. The van der Waals surface area contributed by atoms with Gasteiger partial charge in [-0.05, 0) is 47.0 Å². The summed E-state index contributed by atoms with van der Waals surface area (Å²) in [6.07, 6.45) is 0. The molecule has 1 N–H and O–H groups in total. The predicted octanol–water partition coefficient (Wildman–Crippen LogP) is 5.24. The Morgan fingerprint density at radius 3 is 2.27 bits per heavy atom. The number of rotatable bonds is 7. The Labute approximate surface area is 203 Å². The lowest BCUT2D eigenvalue weighted by Gasteiger charge is -2.42. The Hall–Kier alpha value is -2.86. The number of carbonyl (C=O) groups is 2. The van der Waals surface area contributed by atoms with Crippen molar-refractivity contribution in [3.63, 3.8) is 0 Å². The van der Waals surface area contributed by atoms with Gasteiger partial charge in [-0.25, -0.2) is 0 Å². The number of fused-ring (bicyclic) bond motifs is 1. The van der Waals surface area contributed by atoms with E-state index in [1.807, 2.05) is 42.5 Å². The van der Waals surface area contributed by atoms with E-state index < -0.39 is 12.0 Å². The highest BCUT2D eigenvalue weighted by Crippen LogP contribution is 2.43. The number of carbonyl (C=O) groups excluding carboxylic acids is 2. The number of ether oxygens (including phenoxy) is 1. The van der Waals surface area contributed by atoms with Crippen molar-refractivity contribution in [3.8, 4) is 0 Å². The predicted molar refractivity (Wildman–Crippen MR) is 130 cm³/mol. The fourth-order valence-corrected chi connectivity index (χ4v) is 4.51. The van der Waals surface area contributed by atoms with Crippen LogP contribution in [0.4, 0.5) is 0 Å². The number of halogens is 2. The molecule has 1 aliphatic heterocycles. The fraction of sp³-hybridized carbons (Fsp3) is 0.231. The summed E-state index contributed by atoms with van der Waals surface area (Å²) in [6, 6.07) is 21.5. The summed E-state index contributed by atoms with van der Waals surface area (Å²) >= 11 is 12.2. The molecule has 3 aromatic rings. The van der Waals surface area contributed by atoms with Gasteiger partial charge in [0.2, 0.25) is 5.91 Å². The molecular formula is C26H24Cl2N2O3. The topological polar surface area (TPSA) is 58.6 Å². The monoisotopic (exact) mass is 482 g/mol. The van der Waals surface area contributed by atoms with Crippen molar-refractivity contribution in [3.05, 3.63) is 105 Å². The summed E-state index contributed by atoms with van der Waals surface area (Å²) in [5.41, 5.74) is 3.00. The zero-order chi connectivity index (χ0) is 23.4. The van der Waals surface area contributed by atoms with Gasteiger partial charge in [0.05, 0.1) is 18.6 Å². The molecule has 0 saturated carbocycles. The van der Waals surface area contributed by atoms with Crippen LogP contribution in [0.15, 0.2) is 72.8 Å². The molecule has 0 radical (unpaired) electrons. The highest BCUT2D eigenvalue weighted by molar-refractivity contribution is 6.30. The SMILES string of the molecule is COCCNC(=O)[C@H]1c2ccccc2C(=O)N(Cc2ccc(Cl)cc2)[C@H]1c1ccc(Cl)cc1. The molecule has 170 valence electrons. The van der Waals surface area contributed by atoms with E-state index >= 15 is 0 Å². The Morgan fingerprint density at radius 1 is 0.970 bits per heavy atom.